The first kappa shape index (κ1) is 12.8. The molecule has 0 fully saturated rings. The highest BCUT2D eigenvalue weighted by Crippen LogP contribution is 2.27. The molecule has 0 spiro atoms. The molecule has 2 aromatic rings. The number of halogens is 1. The Morgan fingerprint density at radius 3 is 2.61 bits per heavy atom. The Hall–Kier alpha value is -1.61. The first-order valence-electron chi connectivity index (χ1n) is 5.88. The molecule has 0 unspecified atom stereocenters. The largest absolute Gasteiger partial charge is 0.495 e. The molecule has 96 valence electrons. The van der Waals surface area contributed by atoms with E-state index in [0.717, 1.165) is 23.6 Å². The summed E-state index contributed by atoms with van der Waals surface area (Å²) in [7, 11) is 1.60. The molecule has 2 rings (SSSR count). The van der Waals surface area contributed by atoms with Crippen molar-refractivity contribution in [2.24, 2.45) is 0 Å². The van der Waals surface area contributed by atoms with Gasteiger partial charge in [-0.15, -0.1) is 0 Å². The molecule has 0 aliphatic heterocycles. The van der Waals surface area contributed by atoms with Crippen molar-refractivity contribution in [1.29, 1.82) is 0 Å². The predicted octanol–water partition coefficient (Wildman–Crippen LogP) is 4.12. The summed E-state index contributed by atoms with van der Waals surface area (Å²) in [6.45, 7) is 2.71. The monoisotopic (exact) mass is 265 g/mol. The molecule has 0 aliphatic carbocycles. The minimum absolute atomic E-state index is 0.594. The lowest BCUT2D eigenvalue weighted by atomic mass is 10.3. The Labute approximate surface area is 112 Å². The van der Waals surface area contributed by atoms with Crippen molar-refractivity contribution in [2.75, 3.05) is 12.4 Å². The molecule has 1 aromatic heterocycles. The standard InChI is InChI=1S/C14H16ClNO2/c1-3-11-5-6-12(18-11)9-16-10-4-7-14(17-2)13(15)8-10/h4-8,16H,3,9H2,1-2H3. The normalized spacial score (nSPS) is 10.4. The Balaban J connectivity index is 1.99. The van der Waals surface area contributed by atoms with E-state index in [1.165, 1.54) is 0 Å². The van der Waals surface area contributed by atoms with Crippen LogP contribution < -0.4 is 10.1 Å². The van der Waals surface area contributed by atoms with Gasteiger partial charge in [0.1, 0.15) is 17.3 Å². The second-order valence-corrected chi connectivity index (χ2v) is 4.33. The molecule has 0 atom stereocenters. The van der Waals surface area contributed by atoms with Gasteiger partial charge in [-0.25, -0.2) is 0 Å². The number of furan rings is 1. The summed E-state index contributed by atoms with van der Waals surface area (Å²) in [5.41, 5.74) is 0.940. The maximum Gasteiger partial charge on any atom is 0.137 e. The van der Waals surface area contributed by atoms with E-state index in [9.17, 15) is 0 Å². The van der Waals surface area contributed by atoms with Gasteiger partial charge in [-0.2, -0.15) is 0 Å². The number of hydrogen-bond acceptors (Lipinski definition) is 3. The minimum Gasteiger partial charge on any atom is -0.495 e. The number of methoxy groups -OCH3 is 1. The lowest BCUT2D eigenvalue weighted by Crippen LogP contribution is -1.98. The third kappa shape index (κ3) is 2.99. The van der Waals surface area contributed by atoms with Crippen LogP contribution in [-0.2, 0) is 13.0 Å². The van der Waals surface area contributed by atoms with Gasteiger partial charge in [0.25, 0.3) is 0 Å². The first-order chi connectivity index (χ1) is 8.72. The van der Waals surface area contributed by atoms with Crippen molar-refractivity contribution in [3.05, 3.63) is 46.9 Å². The lowest BCUT2D eigenvalue weighted by Gasteiger charge is -2.07. The van der Waals surface area contributed by atoms with Gasteiger partial charge < -0.3 is 14.5 Å². The fraction of sp³-hybridized carbons (Fsp3) is 0.286. The molecule has 0 saturated carbocycles. The van der Waals surface area contributed by atoms with E-state index >= 15 is 0 Å². The zero-order chi connectivity index (χ0) is 13.0. The van der Waals surface area contributed by atoms with Crippen LogP contribution >= 0.6 is 11.6 Å². The SMILES string of the molecule is CCc1ccc(CNc2ccc(OC)c(Cl)c2)o1. The molecule has 0 bridgehead atoms. The minimum atomic E-state index is 0.594. The second-order valence-electron chi connectivity index (χ2n) is 3.92. The smallest absolute Gasteiger partial charge is 0.137 e. The molecule has 1 N–H and O–H groups in total. The summed E-state index contributed by atoms with van der Waals surface area (Å²) in [6, 6.07) is 9.58. The average molecular weight is 266 g/mol. The van der Waals surface area contributed by atoms with Crippen LogP contribution in [0.2, 0.25) is 5.02 Å². The summed E-state index contributed by atoms with van der Waals surface area (Å²) in [5, 5.41) is 3.85. The Bertz CT molecular complexity index is 522. The Morgan fingerprint density at radius 1 is 1.22 bits per heavy atom. The van der Waals surface area contributed by atoms with Crippen molar-refractivity contribution in [1.82, 2.24) is 0 Å². The molecule has 3 nitrogen and oxygen atoms in total. The summed E-state index contributed by atoms with van der Waals surface area (Å²) in [5.74, 6) is 2.59. The fourth-order valence-electron chi connectivity index (χ4n) is 1.67. The Kier molecular flexibility index (Phi) is 4.15. The predicted molar refractivity (Wildman–Crippen MR) is 73.4 cm³/mol. The van der Waals surface area contributed by atoms with Crippen LogP contribution in [0.5, 0.6) is 5.75 Å². The van der Waals surface area contributed by atoms with Gasteiger partial charge in [0.2, 0.25) is 0 Å². The second kappa shape index (κ2) is 5.83. The van der Waals surface area contributed by atoms with Crippen LogP contribution in [0.3, 0.4) is 0 Å². The van der Waals surface area contributed by atoms with Gasteiger partial charge in [0, 0.05) is 12.1 Å². The number of nitrogens with one attached hydrogen (secondary N) is 1. The number of aryl methyl sites for hydroxylation is 1. The van der Waals surface area contributed by atoms with Crippen molar-refractivity contribution in [2.45, 2.75) is 19.9 Å². The third-order valence-electron chi connectivity index (χ3n) is 2.68. The van der Waals surface area contributed by atoms with Crippen LogP contribution in [0.1, 0.15) is 18.4 Å². The topological polar surface area (TPSA) is 34.4 Å². The molecular formula is C14H16ClNO2. The van der Waals surface area contributed by atoms with Gasteiger partial charge >= 0.3 is 0 Å². The van der Waals surface area contributed by atoms with E-state index in [0.29, 0.717) is 17.3 Å². The Morgan fingerprint density at radius 2 is 2.00 bits per heavy atom. The summed E-state index contributed by atoms with van der Waals surface area (Å²) < 4.78 is 10.7. The quantitative estimate of drug-likeness (QED) is 0.883. The first-order valence-corrected chi connectivity index (χ1v) is 6.25. The average Bonchev–Trinajstić information content (AvgIpc) is 2.84. The van der Waals surface area contributed by atoms with Gasteiger partial charge in [-0.3, -0.25) is 0 Å². The van der Waals surface area contributed by atoms with Crippen molar-refractivity contribution in [3.63, 3.8) is 0 Å². The van der Waals surface area contributed by atoms with Crippen LogP contribution in [0.15, 0.2) is 34.7 Å². The molecule has 0 saturated heterocycles. The number of anilines is 1. The number of hydrogen-bond donors (Lipinski definition) is 1. The highest BCUT2D eigenvalue weighted by molar-refractivity contribution is 6.32. The van der Waals surface area contributed by atoms with Crippen LogP contribution in [0, 0.1) is 0 Å². The summed E-state index contributed by atoms with van der Waals surface area (Å²) >= 11 is 6.05. The molecule has 1 heterocycles. The molecule has 1 aromatic carbocycles. The van der Waals surface area contributed by atoms with Crippen molar-refractivity contribution < 1.29 is 9.15 Å². The molecule has 4 heteroatoms. The third-order valence-corrected chi connectivity index (χ3v) is 2.98. The molecule has 0 aliphatic rings. The van der Waals surface area contributed by atoms with Gasteiger partial charge in [-0.05, 0) is 30.3 Å². The van der Waals surface area contributed by atoms with E-state index in [-0.39, 0.29) is 0 Å². The highest BCUT2D eigenvalue weighted by atomic mass is 35.5. The number of ether oxygens (including phenoxy) is 1. The number of benzene rings is 1. The maximum atomic E-state index is 6.05. The van der Waals surface area contributed by atoms with E-state index < -0.39 is 0 Å². The molecular weight excluding hydrogens is 250 g/mol. The molecule has 0 radical (unpaired) electrons. The zero-order valence-electron chi connectivity index (χ0n) is 10.5. The van der Waals surface area contributed by atoms with E-state index in [4.69, 9.17) is 20.8 Å². The van der Waals surface area contributed by atoms with Gasteiger partial charge in [-0.1, -0.05) is 18.5 Å². The van der Waals surface area contributed by atoms with Crippen LogP contribution in [-0.4, -0.2) is 7.11 Å². The van der Waals surface area contributed by atoms with Gasteiger partial charge in [0.15, 0.2) is 0 Å². The van der Waals surface area contributed by atoms with Crippen LogP contribution in [0.25, 0.3) is 0 Å². The molecule has 0 amide bonds. The highest BCUT2D eigenvalue weighted by Gasteiger charge is 2.03. The maximum absolute atomic E-state index is 6.05. The van der Waals surface area contributed by atoms with E-state index in [2.05, 4.69) is 12.2 Å². The van der Waals surface area contributed by atoms with E-state index in [1.54, 1.807) is 7.11 Å². The van der Waals surface area contributed by atoms with E-state index in [1.807, 2.05) is 30.3 Å². The van der Waals surface area contributed by atoms with Gasteiger partial charge in [0.05, 0.1) is 18.7 Å². The molecule has 18 heavy (non-hydrogen) atoms. The van der Waals surface area contributed by atoms with Crippen LogP contribution in [0.4, 0.5) is 5.69 Å². The summed E-state index contributed by atoms with van der Waals surface area (Å²) in [6.07, 6.45) is 0.911. The summed E-state index contributed by atoms with van der Waals surface area (Å²) in [4.78, 5) is 0. The number of rotatable bonds is 5. The zero-order valence-corrected chi connectivity index (χ0v) is 11.3. The van der Waals surface area contributed by atoms with Crippen molar-refractivity contribution >= 4 is 17.3 Å². The fourth-order valence-corrected chi connectivity index (χ4v) is 1.93. The van der Waals surface area contributed by atoms with Crippen molar-refractivity contribution in [3.8, 4) is 5.75 Å². The lowest BCUT2D eigenvalue weighted by molar-refractivity contribution is 0.415.